The van der Waals surface area contributed by atoms with E-state index in [9.17, 15) is 5.11 Å². The summed E-state index contributed by atoms with van der Waals surface area (Å²) in [7, 11) is 0. The van der Waals surface area contributed by atoms with Crippen molar-refractivity contribution in [3.05, 3.63) is 23.9 Å². The molecule has 1 aliphatic carbocycles. The van der Waals surface area contributed by atoms with Crippen LogP contribution in [0.25, 0.3) is 0 Å². The van der Waals surface area contributed by atoms with Crippen LogP contribution in [0.4, 0.5) is 0 Å². The number of aliphatic hydroxyl groups is 1. The number of hydrogen-bond acceptors (Lipinski definition) is 3. The molecule has 0 amide bonds. The minimum Gasteiger partial charge on any atom is -0.388 e. The van der Waals surface area contributed by atoms with Gasteiger partial charge in [-0.2, -0.15) is 0 Å². The number of pyridine rings is 1. The van der Waals surface area contributed by atoms with Crippen LogP contribution in [0.15, 0.2) is 23.4 Å². The van der Waals surface area contributed by atoms with Gasteiger partial charge in [-0.05, 0) is 30.9 Å². The Hall–Kier alpha value is -0.540. The van der Waals surface area contributed by atoms with E-state index in [0.717, 1.165) is 22.3 Å². The van der Waals surface area contributed by atoms with Gasteiger partial charge < -0.3 is 5.11 Å². The maximum absolute atomic E-state index is 9.69. The minimum absolute atomic E-state index is 0.365. The molecule has 1 aromatic heterocycles. The van der Waals surface area contributed by atoms with Crippen molar-refractivity contribution in [1.29, 1.82) is 0 Å². The summed E-state index contributed by atoms with van der Waals surface area (Å²) in [6, 6.07) is 4.06. The van der Waals surface area contributed by atoms with Gasteiger partial charge in [0.25, 0.3) is 0 Å². The van der Waals surface area contributed by atoms with Crippen molar-refractivity contribution in [1.82, 2.24) is 4.98 Å². The predicted octanol–water partition coefficient (Wildman–Crippen LogP) is 3.95. The van der Waals surface area contributed by atoms with E-state index >= 15 is 0 Å². The fourth-order valence-corrected chi connectivity index (χ4v) is 3.42. The van der Waals surface area contributed by atoms with Crippen molar-refractivity contribution in [3.8, 4) is 0 Å². The maximum atomic E-state index is 9.69. The maximum Gasteiger partial charge on any atom is 0.0962 e. The van der Waals surface area contributed by atoms with Crippen molar-refractivity contribution in [2.45, 2.75) is 61.8 Å². The molecule has 0 saturated heterocycles. The lowest BCUT2D eigenvalue weighted by Gasteiger charge is -2.20. The van der Waals surface area contributed by atoms with Crippen molar-refractivity contribution >= 4 is 11.8 Å². The Labute approximate surface area is 108 Å². The van der Waals surface area contributed by atoms with Crippen LogP contribution in [0.2, 0.25) is 0 Å². The topological polar surface area (TPSA) is 33.1 Å². The van der Waals surface area contributed by atoms with Gasteiger partial charge in [0, 0.05) is 11.4 Å². The van der Waals surface area contributed by atoms with Crippen molar-refractivity contribution in [3.63, 3.8) is 0 Å². The Morgan fingerprint density at radius 2 is 2.12 bits per heavy atom. The van der Waals surface area contributed by atoms with E-state index in [1.165, 1.54) is 32.1 Å². The first-order valence-electron chi connectivity index (χ1n) is 6.60. The lowest BCUT2D eigenvalue weighted by molar-refractivity contribution is 0.173. The molecule has 1 heterocycles. The number of rotatable bonds is 4. The molecule has 17 heavy (non-hydrogen) atoms. The summed E-state index contributed by atoms with van der Waals surface area (Å²) < 4.78 is 0. The Morgan fingerprint density at radius 3 is 2.71 bits per heavy atom. The Balaban J connectivity index is 1.93. The van der Waals surface area contributed by atoms with E-state index in [1.807, 2.05) is 37.0 Å². The number of aromatic nitrogens is 1. The van der Waals surface area contributed by atoms with E-state index < -0.39 is 0 Å². The Bertz CT molecular complexity index is 333. The van der Waals surface area contributed by atoms with E-state index in [0.29, 0.717) is 0 Å². The van der Waals surface area contributed by atoms with Crippen LogP contribution in [0, 0.1) is 0 Å². The zero-order chi connectivity index (χ0) is 12.1. The van der Waals surface area contributed by atoms with Gasteiger partial charge in [0.05, 0.1) is 11.1 Å². The molecule has 0 bridgehead atoms. The highest BCUT2D eigenvalue weighted by Crippen LogP contribution is 2.32. The van der Waals surface area contributed by atoms with Crippen molar-refractivity contribution in [2.24, 2.45) is 0 Å². The predicted molar refractivity (Wildman–Crippen MR) is 72.2 cm³/mol. The molecule has 3 heteroatoms. The molecule has 0 radical (unpaired) electrons. The fourth-order valence-electron chi connectivity index (χ4n) is 2.25. The third-order valence-electron chi connectivity index (χ3n) is 3.37. The summed E-state index contributed by atoms with van der Waals surface area (Å²) >= 11 is 1.90. The van der Waals surface area contributed by atoms with Crippen LogP contribution in [0.1, 0.15) is 57.1 Å². The smallest absolute Gasteiger partial charge is 0.0962 e. The van der Waals surface area contributed by atoms with E-state index in [1.54, 1.807) is 0 Å². The average Bonchev–Trinajstić information content (AvgIpc) is 2.40. The van der Waals surface area contributed by atoms with Gasteiger partial charge in [0.2, 0.25) is 0 Å². The first-order valence-corrected chi connectivity index (χ1v) is 7.48. The molecule has 0 aliphatic heterocycles. The van der Waals surface area contributed by atoms with Crippen LogP contribution >= 0.6 is 11.8 Å². The first-order chi connectivity index (χ1) is 8.29. The van der Waals surface area contributed by atoms with Gasteiger partial charge in [0.15, 0.2) is 0 Å². The molecule has 0 unspecified atom stereocenters. The third-order valence-corrected chi connectivity index (χ3v) is 4.66. The van der Waals surface area contributed by atoms with Crippen LogP contribution in [0.5, 0.6) is 0 Å². The molecular formula is C14H21NOS. The summed E-state index contributed by atoms with van der Waals surface area (Å²) in [6.45, 7) is 1.98. The second-order valence-electron chi connectivity index (χ2n) is 4.73. The lowest BCUT2D eigenvalue weighted by atomic mass is 10.0. The standard InChI is InChI=1S/C14H21NOS/c1-2-13(16)11-8-9-14(15-10-11)17-12-6-4-3-5-7-12/h8-10,12-13,16H,2-7H2,1H3/t13-/m1/s1. The minimum atomic E-state index is -0.365. The molecular weight excluding hydrogens is 230 g/mol. The zero-order valence-electron chi connectivity index (χ0n) is 10.4. The molecule has 94 valence electrons. The highest BCUT2D eigenvalue weighted by molar-refractivity contribution is 7.99. The summed E-state index contributed by atoms with van der Waals surface area (Å²) in [5.74, 6) is 0. The highest BCUT2D eigenvalue weighted by atomic mass is 32.2. The van der Waals surface area contributed by atoms with Crippen LogP contribution in [-0.4, -0.2) is 15.3 Å². The van der Waals surface area contributed by atoms with Gasteiger partial charge in [-0.25, -0.2) is 4.98 Å². The van der Waals surface area contributed by atoms with Crippen molar-refractivity contribution in [2.75, 3.05) is 0 Å². The van der Waals surface area contributed by atoms with E-state index in [4.69, 9.17) is 0 Å². The number of thioether (sulfide) groups is 1. The van der Waals surface area contributed by atoms with Crippen molar-refractivity contribution < 1.29 is 5.11 Å². The molecule has 1 saturated carbocycles. The number of nitrogens with zero attached hydrogens (tertiary/aromatic N) is 1. The molecule has 1 atom stereocenters. The first kappa shape index (κ1) is 12.9. The van der Waals surface area contributed by atoms with Crippen LogP contribution in [0.3, 0.4) is 0 Å². The number of aliphatic hydroxyl groups excluding tert-OH is 1. The third kappa shape index (κ3) is 3.71. The molecule has 2 nitrogen and oxygen atoms in total. The lowest BCUT2D eigenvalue weighted by Crippen LogP contribution is -2.08. The van der Waals surface area contributed by atoms with Crippen LogP contribution in [-0.2, 0) is 0 Å². The second kappa shape index (κ2) is 6.41. The van der Waals surface area contributed by atoms with Gasteiger partial charge in [0.1, 0.15) is 0 Å². The second-order valence-corrected chi connectivity index (χ2v) is 6.05. The van der Waals surface area contributed by atoms with Gasteiger partial charge in [-0.1, -0.05) is 32.3 Å². The molecule has 0 aromatic carbocycles. The molecule has 1 N–H and O–H groups in total. The summed E-state index contributed by atoms with van der Waals surface area (Å²) in [5.41, 5.74) is 0.931. The van der Waals surface area contributed by atoms with Gasteiger partial charge >= 0.3 is 0 Å². The summed E-state index contributed by atoms with van der Waals surface area (Å²) in [5, 5.41) is 11.5. The summed E-state index contributed by atoms with van der Waals surface area (Å²) in [4.78, 5) is 4.44. The van der Waals surface area contributed by atoms with Crippen LogP contribution < -0.4 is 0 Å². The van der Waals surface area contributed by atoms with Gasteiger partial charge in [-0.15, -0.1) is 11.8 Å². The molecule has 1 aromatic rings. The zero-order valence-corrected chi connectivity index (χ0v) is 11.2. The average molecular weight is 251 g/mol. The SMILES string of the molecule is CC[C@@H](O)c1ccc(SC2CCCCC2)nc1. The van der Waals surface area contributed by atoms with Gasteiger partial charge in [-0.3, -0.25) is 0 Å². The Kier molecular flexibility index (Phi) is 4.86. The normalized spacial score (nSPS) is 19.2. The summed E-state index contributed by atoms with van der Waals surface area (Å²) in [6.07, 6.45) is 8.98. The fraction of sp³-hybridized carbons (Fsp3) is 0.643. The number of hydrogen-bond donors (Lipinski definition) is 1. The Morgan fingerprint density at radius 1 is 1.35 bits per heavy atom. The van der Waals surface area contributed by atoms with E-state index in [2.05, 4.69) is 4.98 Å². The van der Waals surface area contributed by atoms with E-state index in [-0.39, 0.29) is 6.10 Å². The molecule has 0 spiro atoms. The highest BCUT2D eigenvalue weighted by Gasteiger charge is 2.15. The largest absolute Gasteiger partial charge is 0.388 e. The molecule has 2 rings (SSSR count). The monoisotopic (exact) mass is 251 g/mol. The molecule has 1 fully saturated rings. The quantitative estimate of drug-likeness (QED) is 0.879. The molecule has 1 aliphatic rings.